The molecule has 0 saturated heterocycles. The minimum absolute atomic E-state index is 0.0253. The number of amides is 1. The summed E-state index contributed by atoms with van der Waals surface area (Å²) in [5.74, 6) is 0. The van der Waals surface area contributed by atoms with Gasteiger partial charge >= 0.3 is 6.09 Å². The lowest BCUT2D eigenvalue weighted by molar-refractivity contribution is 0.0330. The standard InChI is InChI=1S/C23H30N2O3/c1-15-13-17(14-16(2)25-15)18-7-6-8-20-19(18)10-12-27-21(20)9-11-24-22(26)28-23(3,4)5/h6-8,13-14,21H,9-12H2,1-5H3,(H,24,26)/t21-/m1/s1. The fourth-order valence-electron chi connectivity index (χ4n) is 3.70. The molecule has 1 aromatic carbocycles. The van der Waals surface area contributed by atoms with Gasteiger partial charge in [-0.1, -0.05) is 18.2 Å². The van der Waals surface area contributed by atoms with Crippen LogP contribution in [0.25, 0.3) is 11.1 Å². The first-order chi connectivity index (χ1) is 13.2. The lowest BCUT2D eigenvalue weighted by atomic mass is 9.88. The lowest BCUT2D eigenvalue weighted by Gasteiger charge is -2.28. The van der Waals surface area contributed by atoms with Crippen LogP contribution in [-0.4, -0.2) is 29.8 Å². The molecule has 1 aliphatic heterocycles. The number of pyridine rings is 1. The lowest BCUT2D eigenvalue weighted by Crippen LogP contribution is -2.33. The Balaban J connectivity index is 1.75. The second-order valence-electron chi connectivity index (χ2n) is 8.34. The van der Waals surface area contributed by atoms with Gasteiger partial charge in [0.2, 0.25) is 0 Å². The van der Waals surface area contributed by atoms with Gasteiger partial charge in [0, 0.05) is 17.9 Å². The van der Waals surface area contributed by atoms with Crippen molar-refractivity contribution in [3.63, 3.8) is 0 Å². The molecular formula is C23H30N2O3. The largest absolute Gasteiger partial charge is 0.444 e. The van der Waals surface area contributed by atoms with E-state index < -0.39 is 5.60 Å². The number of carbonyl (C=O) groups excluding carboxylic acids is 1. The zero-order valence-electron chi connectivity index (χ0n) is 17.5. The van der Waals surface area contributed by atoms with Crippen molar-refractivity contribution in [1.82, 2.24) is 10.3 Å². The van der Waals surface area contributed by atoms with Crippen LogP contribution in [0.15, 0.2) is 30.3 Å². The van der Waals surface area contributed by atoms with E-state index in [9.17, 15) is 4.79 Å². The molecule has 2 aromatic rings. The first-order valence-electron chi connectivity index (χ1n) is 9.89. The molecule has 150 valence electrons. The zero-order valence-corrected chi connectivity index (χ0v) is 17.5. The predicted octanol–water partition coefficient (Wildman–Crippen LogP) is 4.89. The van der Waals surface area contributed by atoms with E-state index in [1.165, 1.54) is 22.3 Å². The van der Waals surface area contributed by atoms with Gasteiger partial charge in [0.05, 0.1) is 12.7 Å². The number of fused-ring (bicyclic) bond motifs is 1. The van der Waals surface area contributed by atoms with E-state index in [4.69, 9.17) is 9.47 Å². The van der Waals surface area contributed by atoms with Crippen molar-refractivity contribution in [2.24, 2.45) is 0 Å². The van der Waals surface area contributed by atoms with E-state index in [0.717, 1.165) is 17.8 Å². The molecule has 0 spiro atoms. The number of aromatic nitrogens is 1. The molecule has 1 atom stereocenters. The fraction of sp³-hybridized carbons (Fsp3) is 0.478. The highest BCUT2D eigenvalue weighted by atomic mass is 16.6. The molecule has 0 aliphatic carbocycles. The van der Waals surface area contributed by atoms with E-state index >= 15 is 0 Å². The topological polar surface area (TPSA) is 60.5 Å². The zero-order chi connectivity index (χ0) is 20.3. The third-order valence-electron chi connectivity index (χ3n) is 4.70. The third kappa shape index (κ3) is 5.10. The minimum Gasteiger partial charge on any atom is -0.444 e. The number of benzene rings is 1. The van der Waals surface area contributed by atoms with Crippen LogP contribution in [0.4, 0.5) is 4.79 Å². The van der Waals surface area contributed by atoms with Gasteiger partial charge in [-0.05, 0) is 81.8 Å². The molecule has 0 saturated carbocycles. The number of ether oxygens (including phenoxy) is 2. The minimum atomic E-state index is -0.492. The molecule has 0 unspecified atom stereocenters. The van der Waals surface area contributed by atoms with Crippen molar-refractivity contribution in [3.8, 4) is 11.1 Å². The Hall–Kier alpha value is -2.40. The monoisotopic (exact) mass is 382 g/mol. The van der Waals surface area contributed by atoms with Crippen molar-refractivity contribution >= 4 is 6.09 Å². The number of nitrogens with one attached hydrogen (secondary N) is 1. The quantitative estimate of drug-likeness (QED) is 0.817. The van der Waals surface area contributed by atoms with Gasteiger partial charge < -0.3 is 14.8 Å². The Morgan fingerprint density at radius 1 is 1.25 bits per heavy atom. The van der Waals surface area contributed by atoms with E-state index in [-0.39, 0.29) is 12.2 Å². The summed E-state index contributed by atoms with van der Waals surface area (Å²) in [6.45, 7) is 10.8. The average molecular weight is 383 g/mol. The Labute approximate surface area is 167 Å². The number of nitrogens with zero attached hydrogens (tertiary/aromatic N) is 1. The van der Waals surface area contributed by atoms with Crippen LogP contribution in [0.1, 0.15) is 55.8 Å². The fourth-order valence-corrected chi connectivity index (χ4v) is 3.70. The Morgan fingerprint density at radius 2 is 1.96 bits per heavy atom. The molecule has 1 N–H and O–H groups in total. The summed E-state index contributed by atoms with van der Waals surface area (Å²) in [4.78, 5) is 16.4. The summed E-state index contributed by atoms with van der Waals surface area (Å²) in [5.41, 5.74) is 6.56. The van der Waals surface area contributed by atoms with E-state index in [0.29, 0.717) is 19.6 Å². The first kappa shape index (κ1) is 20.3. The van der Waals surface area contributed by atoms with Crippen LogP contribution in [0.3, 0.4) is 0 Å². The maximum absolute atomic E-state index is 11.9. The number of rotatable bonds is 4. The summed E-state index contributed by atoms with van der Waals surface area (Å²) < 4.78 is 11.3. The molecule has 0 fully saturated rings. The normalized spacial score (nSPS) is 16.4. The SMILES string of the molecule is Cc1cc(-c2cccc3c2CCO[C@@H]3CCNC(=O)OC(C)(C)C)cc(C)n1. The molecule has 5 nitrogen and oxygen atoms in total. The molecule has 5 heteroatoms. The first-order valence-corrected chi connectivity index (χ1v) is 9.89. The highest BCUT2D eigenvalue weighted by molar-refractivity contribution is 5.70. The second kappa shape index (κ2) is 8.31. The van der Waals surface area contributed by atoms with Crippen molar-refractivity contribution < 1.29 is 14.3 Å². The molecule has 2 heterocycles. The van der Waals surface area contributed by atoms with Gasteiger partial charge in [-0.2, -0.15) is 0 Å². The van der Waals surface area contributed by atoms with Crippen LogP contribution < -0.4 is 5.32 Å². The molecule has 1 aliphatic rings. The van der Waals surface area contributed by atoms with Gasteiger partial charge in [-0.25, -0.2) is 4.79 Å². The van der Waals surface area contributed by atoms with Crippen LogP contribution in [0, 0.1) is 13.8 Å². The molecule has 28 heavy (non-hydrogen) atoms. The van der Waals surface area contributed by atoms with E-state index in [2.05, 4.69) is 40.6 Å². The number of alkyl carbamates (subject to hydrolysis) is 1. The smallest absolute Gasteiger partial charge is 0.407 e. The van der Waals surface area contributed by atoms with Crippen molar-refractivity contribution in [2.75, 3.05) is 13.2 Å². The number of aryl methyl sites for hydroxylation is 2. The maximum Gasteiger partial charge on any atom is 0.407 e. The van der Waals surface area contributed by atoms with Gasteiger partial charge in [-0.15, -0.1) is 0 Å². The van der Waals surface area contributed by atoms with Crippen molar-refractivity contribution in [1.29, 1.82) is 0 Å². The summed E-state index contributed by atoms with van der Waals surface area (Å²) in [6, 6.07) is 10.7. The molecule has 0 bridgehead atoms. The van der Waals surface area contributed by atoms with Crippen LogP contribution in [-0.2, 0) is 15.9 Å². The summed E-state index contributed by atoms with van der Waals surface area (Å²) >= 11 is 0. The molecule has 1 amide bonds. The predicted molar refractivity (Wildman–Crippen MR) is 110 cm³/mol. The van der Waals surface area contributed by atoms with Crippen LogP contribution >= 0.6 is 0 Å². The number of carbonyl (C=O) groups is 1. The van der Waals surface area contributed by atoms with E-state index in [1.54, 1.807) is 0 Å². The molecule has 3 rings (SSSR count). The number of hydrogen-bond donors (Lipinski definition) is 1. The van der Waals surface area contributed by atoms with E-state index in [1.807, 2.05) is 34.6 Å². The summed E-state index contributed by atoms with van der Waals surface area (Å²) in [6.07, 6.45) is 1.19. The van der Waals surface area contributed by atoms with Crippen LogP contribution in [0.5, 0.6) is 0 Å². The van der Waals surface area contributed by atoms with Gasteiger partial charge in [-0.3, -0.25) is 4.98 Å². The summed E-state index contributed by atoms with van der Waals surface area (Å²) in [5, 5.41) is 2.83. The summed E-state index contributed by atoms with van der Waals surface area (Å²) in [7, 11) is 0. The second-order valence-corrected chi connectivity index (χ2v) is 8.34. The Bertz CT molecular complexity index is 835. The van der Waals surface area contributed by atoms with Crippen molar-refractivity contribution in [3.05, 3.63) is 52.8 Å². The van der Waals surface area contributed by atoms with Crippen molar-refractivity contribution in [2.45, 2.75) is 59.2 Å². The molecular weight excluding hydrogens is 352 g/mol. The Morgan fingerprint density at radius 3 is 2.64 bits per heavy atom. The maximum atomic E-state index is 11.9. The van der Waals surface area contributed by atoms with Crippen LogP contribution in [0.2, 0.25) is 0 Å². The number of hydrogen-bond acceptors (Lipinski definition) is 4. The average Bonchev–Trinajstić information content (AvgIpc) is 2.59. The third-order valence-corrected chi connectivity index (χ3v) is 4.70. The van der Waals surface area contributed by atoms with Gasteiger partial charge in [0.15, 0.2) is 0 Å². The molecule has 0 radical (unpaired) electrons. The Kier molecular flexibility index (Phi) is 6.04. The van der Waals surface area contributed by atoms with Gasteiger partial charge in [0.25, 0.3) is 0 Å². The molecule has 1 aromatic heterocycles. The highest BCUT2D eigenvalue weighted by Gasteiger charge is 2.24. The van der Waals surface area contributed by atoms with Gasteiger partial charge in [0.1, 0.15) is 5.60 Å². The highest BCUT2D eigenvalue weighted by Crippen LogP contribution is 2.36.